The van der Waals surface area contributed by atoms with Gasteiger partial charge in [0.25, 0.3) is 0 Å². The first-order valence-corrected chi connectivity index (χ1v) is 6.87. The lowest BCUT2D eigenvalue weighted by Gasteiger charge is -2.29. The van der Waals surface area contributed by atoms with Gasteiger partial charge < -0.3 is 10.1 Å². The van der Waals surface area contributed by atoms with Crippen molar-refractivity contribution in [2.24, 2.45) is 11.8 Å². The van der Waals surface area contributed by atoms with Crippen molar-refractivity contribution >= 4 is 5.91 Å². The van der Waals surface area contributed by atoms with E-state index < -0.39 is 12.1 Å². The van der Waals surface area contributed by atoms with Crippen LogP contribution in [0.15, 0.2) is 12.2 Å². The lowest BCUT2D eigenvalue weighted by molar-refractivity contribution is -0.184. The monoisotopic (exact) mass is 293 g/mol. The number of alkyl halides is 3. The number of hydrogen-bond donors (Lipinski definition) is 1. The second-order valence-corrected chi connectivity index (χ2v) is 5.39. The number of carbonyl (C=O) groups excluding carboxylic acids is 1. The normalized spacial score (nSPS) is 23.4. The smallest absolute Gasteiger partial charge is 0.375 e. The molecule has 0 saturated heterocycles. The molecular weight excluding hydrogens is 271 g/mol. The van der Waals surface area contributed by atoms with Gasteiger partial charge in [0.05, 0.1) is 19.1 Å². The number of rotatable bonds is 6. The predicted molar refractivity (Wildman–Crippen MR) is 70.1 cm³/mol. The van der Waals surface area contributed by atoms with E-state index in [0.29, 0.717) is 32.6 Å². The van der Waals surface area contributed by atoms with Gasteiger partial charge in [-0.05, 0) is 32.6 Å². The summed E-state index contributed by atoms with van der Waals surface area (Å²) in [6, 6.07) is 0. The Kier molecular flexibility index (Phi) is 6.52. The molecule has 1 saturated carbocycles. The molecule has 1 N–H and O–H groups in total. The highest BCUT2D eigenvalue weighted by Crippen LogP contribution is 2.39. The van der Waals surface area contributed by atoms with Crippen LogP contribution in [-0.4, -0.2) is 31.8 Å². The van der Waals surface area contributed by atoms with E-state index in [0.717, 1.165) is 5.57 Å². The Hall–Kier alpha value is -1.04. The molecule has 0 radical (unpaired) electrons. The molecular formula is C14H22F3NO2. The van der Waals surface area contributed by atoms with Gasteiger partial charge in [0.2, 0.25) is 5.91 Å². The molecule has 20 heavy (non-hydrogen) atoms. The van der Waals surface area contributed by atoms with Crippen LogP contribution in [0.3, 0.4) is 0 Å². The summed E-state index contributed by atoms with van der Waals surface area (Å²) in [5, 5.41) is 2.70. The third kappa shape index (κ3) is 5.94. The van der Waals surface area contributed by atoms with Crippen LogP contribution in [-0.2, 0) is 9.53 Å². The third-order valence-electron chi connectivity index (χ3n) is 3.45. The van der Waals surface area contributed by atoms with Gasteiger partial charge >= 0.3 is 6.18 Å². The Balaban J connectivity index is 2.18. The Morgan fingerprint density at radius 1 is 1.30 bits per heavy atom. The summed E-state index contributed by atoms with van der Waals surface area (Å²) < 4.78 is 42.7. The van der Waals surface area contributed by atoms with Crippen molar-refractivity contribution in [2.75, 3.05) is 19.8 Å². The van der Waals surface area contributed by atoms with Crippen LogP contribution in [0.2, 0.25) is 0 Å². The van der Waals surface area contributed by atoms with Gasteiger partial charge in [-0.2, -0.15) is 13.2 Å². The molecule has 6 heteroatoms. The zero-order valence-electron chi connectivity index (χ0n) is 11.8. The van der Waals surface area contributed by atoms with E-state index in [1.54, 1.807) is 0 Å². The molecule has 0 spiro atoms. The van der Waals surface area contributed by atoms with Crippen LogP contribution in [0.4, 0.5) is 13.2 Å². The van der Waals surface area contributed by atoms with Crippen LogP contribution in [0, 0.1) is 11.8 Å². The second-order valence-electron chi connectivity index (χ2n) is 5.39. The number of amides is 1. The van der Waals surface area contributed by atoms with E-state index in [-0.39, 0.29) is 24.7 Å². The SMILES string of the molecule is C=C(C)COCCNC(=O)C1CCC(C(F)(F)F)CC1. The van der Waals surface area contributed by atoms with Gasteiger partial charge in [0, 0.05) is 12.5 Å². The summed E-state index contributed by atoms with van der Waals surface area (Å²) in [4.78, 5) is 11.8. The second kappa shape index (κ2) is 7.67. The number of hydrogen-bond acceptors (Lipinski definition) is 2. The van der Waals surface area contributed by atoms with Crippen molar-refractivity contribution in [3.63, 3.8) is 0 Å². The molecule has 116 valence electrons. The van der Waals surface area contributed by atoms with Crippen molar-refractivity contribution in [1.29, 1.82) is 0 Å². The van der Waals surface area contributed by atoms with Crippen molar-refractivity contribution in [3.8, 4) is 0 Å². The Morgan fingerprint density at radius 3 is 2.40 bits per heavy atom. The van der Waals surface area contributed by atoms with Crippen LogP contribution >= 0.6 is 0 Å². The minimum absolute atomic E-state index is 0.0494. The molecule has 0 aromatic carbocycles. The van der Waals surface area contributed by atoms with E-state index in [4.69, 9.17) is 4.74 Å². The van der Waals surface area contributed by atoms with E-state index in [2.05, 4.69) is 11.9 Å². The van der Waals surface area contributed by atoms with Crippen LogP contribution in [0.1, 0.15) is 32.6 Å². The first-order valence-electron chi connectivity index (χ1n) is 6.87. The fourth-order valence-corrected chi connectivity index (χ4v) is 2.32. The average Bonchev–Trinajstić information content (AvgIpc) is 2.37. The maximum atomic E-state index is 12.5. The maximum Gasteiger partial charge on any atom is 0.391 e. The topological polar surface area (TPSA) is 38.3 Å². The molecule has 1 fully saturated rings. The fourth-order valence-electron chi connectivity index (χ4n) is 2.32. The number of halogens is 3. The molecule has 1 aliphatic rings. The lowest BCUT2D eigenvalue weighted by atomic mass is 9.81. The average molecular weight is 293 g/mol. The molecule has 1 rings (SSSR count). The van der Waals surface area contributed by atoms with E-state index in [9.17, 15) is 18.0 Å². The van der Waals surface area contributed by atoms with Gasteiger partial charge in [-0.25, -0.2) is 0 Å². The van der Waals surface area contributed by atoms with Crippen LogP contribution < -0.4 is 5.32 Å². The zero-order chi connectivity index (χ0) is 15.2. The summed E-state index contributed by atoms with van der Waals surface area (Å²) in [5.74, 6) is -1.70. The van der Waals surface area contributed by atoms with Gasteiger partial charge in [0.1, 0.15) is 0 Å². The van der Waals surface area contributed by atoms with Crippen molar-refractivity contribution in [3.05, 3.63) is 12.2 Å². The minimum Gasteiger partial charge on any atom is -0.375 e. The zero-order valence-corrected chi connectivity index (χ0v) is 11.8. The van der Waals surface area contributed by atoms with Crippen molar-refractivity contribution in [2.45, 2.75) is 38.8 Å². The molecule has 1 aliphatic carbocycles. The highest BCUT2D eigenvalue weighted by Gasteiger charge is 2.42. The van der Waals surface area contributed by atoms with Crippen LogP contribution in [0.5, 0.6) is 0 Å². The number of ether oxygens (including phenoxy) is 1. The molecule has 0 atom stereocenters. The van der Waals surface area contributed by atoms with Gasteiger partial charge in [-0.3, -0.25) is 4.79 Å². The fraction of sp³-hybridized carbons (Fsp3) is 0.786. The van der Waals surface area contributed by atoms with Crippen molar-refractivity contribution in [1.82, 2.24) is 5.32 Å². The number of carbonyl (C=O) groups is 1. The van der Waals surface area contributed by atoms with E-state index in [1.165, 1.54) is 0 Å². The minimum atomic E-state index is -4.13. The molecule has 0 bridgehead atoms. The van der Waals surface area contributed by atoms with Gasteiger partial charge in [-0.1, -0.05) is 12.2 Å². The highest BCUT2D eigenvalue weighted by atomic mass is 19.4. The van der Waals surface area contributed by atoms with Crippen LogP contribution in [0.25, 0.3) is 0 Å². The molecule has 0 aromatic heterocycles. The van der Waals surface area contributed by atoms with E-state index in [1.807, 2.05) is 6.92 Å². The number of nitrogens with one attached hydrogen (secondary N) is 1. The first kappa shape index (κ1) is 17.0. The standard InChI is InChI=1S/C14H22F3NO2/c1-10(2)9-20-8-7-18-13(19)11-3-5-12(6-4-11)14(15,16)17/h11-12H,1,3-9H2,2H3,(H,18,19). The molecule has 0 heterocycles. The molecule has 1 amide bonds. The quantitative estimate of drug-likeness (QED) is 0.604. The summed E-state index contributed by atoms with van der Waals surface area (Å²) in [7, 11) is 0. The summed E-state index contributed by atoms with van der Waals surface area (Å²) >= 11 is 0. The van der Waals surface area contributed by atoms with Gasteiger partial charge in [0.15, 0.2) is 0 Å². The first-order chi connectivity index (χ1) is 9.30. The Bertz CT molecular complexity index is 334. The maximum absolute atomic E-state index is 12.5. The third-order valence-corrected chi connectivity index (χ3v) is 3.45. The van der Waals surface area contributed by atoms with Gasteiger partial charge in [-0.15, -0.1) is 0 Å². The van der Waals surface area contributed by atoms with Crippen molar-refractivity contribution < 1.29 is 22.7 Å². The summed E-state index contributed by atoms with van der Waals surface area (Å²) in [5.41, 5.74) is 0.904. The molecule has 0 aromatic rings. The largest absolute Gasteiger partial charge is 0.391 e. The Labute approximate surface area is 117 Å². The summed E-state index contributed by atoms with van der Waals surface area (Å²) in [6.45, 7) is 6.75. The lowest BCUT2D eigenvalue weighted by Crippen LogP contribution is -2.37. The highest BCUT2D eigenvalue weighted by molar-refractivity contribution is 5.78. The van der Waals surface area contributed by atoms with E-state index >= 15 is 0 Å². The molecule has 0 aliphatic heterocycles. The Morgan fingerprint density at radius 2 is 1.90 bits per heavy atom. The summed E-state index contributed by atoms with van der Waals surface area (Å²) in [6.07, 6.45) is -3.41. The molecule has 3 nitrogen and oxygen atoms in total. The predicted octanol–water partition coefficient (Wildman–Crippen LogP) is 3.06. The molecule has 0 unspecified atom stereocenters.